The van der Waals surface area contributed by atoms with E-state index in [4.69, 9.17) is 58.6 Å². The van der Waals surface area contributed by atoms with Crippen LogP contribution in [-0.4, -0.2) is 21.0 Å². The number of anilines is 1. The first-order valence-corrected chi connectivity index (χ1v) is 10.1. The zero-order valence-electron chi connectivity index (χ0n) is 15.1. The van der Waals surface area contributed by atoms with Crippen molar-refractivity contribution in [1.82, 2.24) is 10.6 Å². The Labute approximate surface area is 196 Å². The zero-order chi connectivity index (χ0) is 22.7. The molecule has 0 aliphatic carbocycles. The summed E-state index contributed by atoms with van der Waals surface area (Å²) < 4.78 is 36.7. The smallest absolute Gasteiger partial charge is 0.339 e. The molecule has 0 radical (unpaired) electrons. The molecule has 3 N–H and O–H groups in total. The number of carbonyl (C=O) groups excluding carboxylic acids is 1. The maximum absolute atomic E-state index is 12.9. The summed E-state index contributed by atoms with van der Waals surface area (Å²) in [5.41, 5.74) is -0.00635. The summed E-state index contributed by atoms with van der Waals surface area (Å²) >= 11 is 28.8. The molecule has 0 aliphatic rings. The van der Waals surface area contributed by atoms with Gasteiger partial charge in [-0.2, -0.15) is 13.2 Å². The standard InChI is InChI=1S/C18H14Cl4F3N3OS/c1-9-4-2-3-5-11(9)14(29)27-15(17(20,21)22)28-16(30)26-13-8-10(18(23,24)25)6-7-12(13)19/h2-8,15H,1H3,(H,27,29)(H2,26,28,30)/t15-/m1/s1. The Morgan fingerprint density at radius 3 is 2.27 bits per heavy atom. The first-order valence-electron chi connectivity index (χ1n) is 8.16. The molecule has 0 unspecified atom stereocenters. The van der Waals surface area contributed by atoms with E-state index < -0.39 is 27.6 Å². The number of hydrogen-bond acceptors (Lipinski definition) is 2. The first kappa shape index (κ1) is 24.8. The Bertz CT molecular complexity index is 951. The molecule has 0 bridgehead atoms. The summed E-state index contributed by atoms with van der Waals surface area (Å²) in [6.07, 6.45) is -5.88. The van der Waals surface area contributed by atoms with Gasteiger partial charge in [0.15, 0.2) is 5.11 Å². The molecule has 162 valence electrons. The largest absolute Gasteiger partial charge is 0.416 e. The molecule has 0 saturated heterocycles. The fourth-order valence-electron chi connectivity index (χ4n) is 2.32. The second-order valence-corrected chi connectivity index (χ2v) is 9.24. The van der Waals surface area contributed by atoms with Crippen molar-refractivity contribution in [2.75, 3.05) is 5.32 Å². The van der Waals surface area contributed by atoms with Crippen molar-refractivity contribution in [3.63, 3.8) is 0 Å². The van der Waals surface area contributed by atoms with Gasteiger partial charge in [-0.05, 0) is 49.0 Å². The summed E-state index contributed by atoms with van der Waals surface area (Å²) in [7, 11) is 0. The second-order valence-electron chi connectivity index (χ2n) is 6.05. The molecule has 0 aromatic heterocycles. The third-order valence-corrected chi connectivity index (χ3v) is 5.01. The Kier molecular flexibility index (Phi) is 8.09. The number of carbonyl (C=O) groups is 1. The van der Waals surface area contributed by atoms with Gasteiger partial charge >= 0.3 is 6.18 Å². The van der Waals surface area contributed by atoms with E-state index in [0.717, 1.165) is 18.2 Å². The Morgan fingerprint density at radius 2 is 1.70 bits per heavy atom. The molecular formula is C18H14Cl4F3N3OS. The Balaban J connectivity index is 2.17. The number of thiocarbonyl (C=S) groups is 1. The van der Waals surface area contributed by atoms with Crippen molar-refractivity contribution >= 4 is 75.3 Å². The SMILES string of the molecule is Cc1ccccc1C(=O)N[C@H](NC(=S)Nc1cc(C(F)(F)F)ccc1Cl)C(Cl)(Cl)Cl. The molecule has 2 aromatic rings. The third-order valence-electron chi connectivity index (χ3n) is 3.81. The maximum Gasteiger partial charge on any atom is 0.416 e. The van der Waals surface area contributed by atoms with Crippen LogP contribution in [0.1, 0.15) is 21.5 Å². The topological polar surface area (TPSA) is 53.2 Å². The Hall–Kier alpha value is -1.45. The number of alkyl halides is 6. The second kappa shape index (κ2) is 9.78. The van der Waals surface area contributed by atoms with Crippen LogP contribution in [0.5, 0.6) is 0 Å². The molecule has 0 spiro atoms. The van der Waals surface area contributed by atoms with Crippen LogP contribution in [0.3, 0.4) is 0 Å². The minimum Gasteiger partial charge on any atom is -0.339 e. The Morgan fingerprint density at radius 1 is 1.07 bits per heavy atom. The average Bonchev–Trinajstić information content (AvgIpc) is 2.61. The van der Waals surface area contributed by atoms with Crippen LogP contribution in [-0.2, 0) is 6.18 Å². The predicted octanol–water partition coefficient (Wildman–Crippen LogP) is 6.08. The summed E-state index contributed by atoms with van der Waals surface area (Å²) in [5, 5.41) is 7.33. The van der Waals surface area contributed by atoms with Gasteiger partial charge in [-0.25, -0.2) is 0 Å². The number of aryl methyl sites for hydroxylation is 1. The summed E-state index contributed by atoms with van der Waals surface area (Å²) in [6.45, 7) is 1.73. The lowest BCUT2D eigenvalue weighted by Gasteiger charge is -2.28. The van der Waals surface area contributed by atoms with Gasteiger partial charge in [-0.3, -0.25) is 4.79 Å². The minimum absolute atomic E-state index is 0.0125. The molecule has 2 aromatic carbocycles. The van der Waals surface area contributed by atoms with Crippen molar-refractivity contribution in [2.45, 2.75) is 23.1 Å². The highest BCUT2D eigenvalue weighted by atomic mass is 35.6. The average molecular weight is 519 g/mol. The maximum atomic E-state index is 12.9. The van der Waals surface area contributed by atoms with Crippen LogP contribution in [0.2, 0.25) is 5.02 Å². The van der Waals surface area contributed by atoms with E-state index >= 15 is 0 Å². The molecule has 0 fully saturated rings. The lowest BCUT2D eigenvalue weighted by Crippen LogP contribution is -2.56. The van der Waals surface area contributed by atoms with E-state index in [1.54, 1.807) is 31.2 Å². The molecular weight excluding hydrogens is 505 g/mol. The number of amides is 1. The van der Waals surface area contributed by atoms with Crippen molar-refractivity contribution < 1.29 is 18.0 Å². The lowest BCUT2D eigenvalue weighted by atomic mass is 10.1. The third kappa shape index (κ3) is 6.78. The first-order chi connectivity index (χ1) is 13.8. The van der Waals surface area contributed by atoms with Gasteiger partial charge in [-0.15, -0.1) is 0 Å². The number of nitrogens with one attached hydrogen (secondary N) is 3. The molecule has 1 atom stereocenters. The highest BCUT2D eigenvalue weighted by Crippen LogP contribution is 2.34. The minimum atomic E-state index is -4.57. The van der Waals surface area contributed by atoms with E-state index in [0.29, 0.717) is 11.1 Å². The molecule has 1 amide bonds. The molecule has 0 aliphatic heterocycles. The van der Waals surface area contributed by atoms with Crippen molar-refractivity contribution in [2.24, 2.45) is 0 Å². The van der Waals surface area contributed by atoms with Crippen molar-refractivity contribution in [1.29, 1.82) is 0 Å². The van der Waals surface area contributed by atoms with Crippen LogP contribution in [0.15, 0.2) is 42.5 Å². The monoisotopic (exact) mass is 517 g/mol. The van der Waals surface area contributed by atoms with Crippen LogP contribution >= 0.6 is 58.6 Å². The molecule has 30 heavy (non-hydrogen) atoms. The van der Waals surface area contributed by atoms with Gasteiger partial charge in [0.05, 0.1) is 16.3 Å². The van der Waals surface area contributed by atoms with E-state index in [1.807, 2.05) is 0 Å². The zero-order valence-corrected chi connectivity index (χ0v) is 18.9. The lowest BCUT2D eigenvalue weighted by molar-refractivity contribution is -0.137. The highest BCUT2D eigenvalue weighted by molar-refractivity contribution is 7.80. The fraction of sp³-hybridized carbons (Fsp3) is 0.222. The number of benzene rings is 2. The summed E-state index contributed by atoms with van der Waals surface area (Å²) in [4.78, 5) is 12.5. The van der Waals surface area contributed by atoms with Gasteiger partial charge in [0.25, 0.3) is 5.91 Å². The normalized spacial score (nSPS) is 12.8. The van der Waals surface area contributed by atoms with E-state index in [2.05, 4.69) is 16.0 Å². The van der Waals surface area contributed by atoms with E-state index in [1.165, 1.54) is 0 Å². The highest BCUT2D eigenvalue weighted by Gasteiger charge is 2.35. The van der Waals surface area contributed by atoms with Crippen LogP contribution in [0, 0.1) is 6.92 Å². The van der Waals surface area contributed by atoms with Gasteiger partial charge in [0.2, 0.25) is 3.79 Å². The fourth-order valence-corrected chi connectivity index (χ4v) is 3.04. The van der Waals surface area contributed by atoms with Crippen molar-refractivity contribution in [3.05, 3.63) is 64.2 Å². The summed E-state index contributed by atoms with van der Waals surface area (Å²) in [6, 6.07) is 9.43. The van der Waals surface area contributed by atoms with Crippen LogP contribution in [0.4, 0.5) is 18.9 Å². The van der Waals surface area contributed by atoms with Crippen molar-refractivity contribution in [3.8, 4) is 0 Å². The molecule has 12 heteroatoms. The van der Waals surface area contributed by atoms with Gasteiger partial charge in [0.1, 0.15) is 6.17 Å². The van der Waals surface area contributed by atoms with Gasteiger partial charge in [0, 0.05) is 5.56 Å². The van der Waals surface area contributed by atoms with Gasteiger partial charge < -0.3 is 16.0 Å². The van der Waals surface area contributed by atoms with E-state index in [9.17, 15) is 18.0 Å². The molecule has 0 heterocycles. The molecule has 4 nitrogen and oxygen atoms in total. The predicted molar refractivity (Wildman–Crippen MR) is 119 cm³/mol. The number of hydrogen-bond donors (Lipinski definition) is 3. The number of halogens is 7. The quantitative estimate of drug-likeness (QED) is 0.261. The van der Waals surface area contributed by atoms with Gasteiger partial charge in [-0.1, -0.05) is 64.6 Å². The van der Waals surface area contributed by atoms with E-state index in [-0.39, 0.29) is 15.8 Å². The number of rotatable bonds is 4. The van der Waals surface area contributed by atoms with Crippen LogP contribution in [0.25, 0.3) is 0 Å². The molecule has 2 rings (SSSR count). The van der Waals surface area contributed by atoms with Crippen LogP contribution < -0.4 is 16.0 Å². The molecule has 0 saturated carbocycles. The summed E-state index contributed by atoms with van der Waals surface area (Å²) in [5.74, 6) is -0.545.